The molecule has 1 atom stereocenters. The van der Waals surface area contributed by atoms with Crippen LogP contribution in [0.4, 0.5) is 0 Å². The van der Waals surface area contributed by atoms with Gasteiger partial charge in [0.05, 0.1) is 0 Å². The van der Waals surface area contributed by atoms with Gasteiger partial charge in [-0.25, -0.2) is 0 Å². The first kappa shape index (κ1) is 17.9. The molecule has 1 unspecified atom stereocenters. The number of fused-ring (bicyclic) bond motifs is 1. The van der Waals surface area contributed by atoms with E-state index in [1.165, 1.54) is 22.3 Å². The third kappa shape index (κ3) is 3.24. The maximum absolute atomic E-state index is 2.34. The van der Waals surface area contributed by atoms with Crippen molar-refractivity contribution in [3.05, 3.63) is 71.3 Å². The van der Waals surface area contributed by atoms with Crippen LogP contribution in [0.1, 0.15) is 20.3 Å². The Kier molecular flexibility index (Phi) is 6.99. The Morgan fingerprint density at radius 2 is 1.32 bits per heavy atom. The van der Waals surface area contributed by atoms with E-state index in [9.17, 15) is 0 Å². The van der Waals surface area contributed by atoms with Crippen molar-refractivity contribution in [1.29, 1.82) is 0 Å². The van der Waals surface area contributed by atoms with Gasteiger partial charge in [0.15, 0.2) is 0 Å². The molecule has 0 aromatic heterocycles. The van der Waals surface area contributed by atoms with Gasteiger partial charge >= 0.3 is 111 Å². The van der Waals surface area contributed by atoms with Crippen molar-refractivity contribution in [2.24, 2.45) is 0 Å². The summed E-state index contributed by atoms with van der Waals surface area (Å²) in [5, 5.41) is 0. The molecule has 19 heavy (non-hydrogen) atoms. The zero-order chi connectivity index (χ0) is 11.0. The van der Waals surface area contributed by atoms with Gasteiger partial charge in [0.25, 0.3) is 0 Å². The van der Waals surface area contributed by atoms with E-state index >= 15 is 0 Å². The molecule has 0 bridgehead atoms. The Bertz CT molecular complexity index is 552. The van der Waals surface area contributed by atoms with Crippen LogP contribution in [-0.2, 0) is 24.7 Å². The summed E-state index contributed by atoms with van der Waals surface area (Å²) in [5.74, 6) is 0. The molecule has 0 saturated carbocycles. The normalized spacial score (nSPS) is 15.3. The molecule has 0 fully saturated rings. The predicted molar refractivity (Wildman–Crippen MR) is 63.5 cm³/mol. The molecular formula is C15H11F3Zr. The van der Waals surface area contributed by atoms with E-state index in [4.69, 9.17) is 0 Å². The second-order valence-corrected chi connectivity index (χ2v) is 5.45. The van der Waals surface area contributed by atoms with Gasteiger partial charge in [-0.15, -0.1) is 0 Å². The third-order valence-corrected chi connectivity index (χ3v) is 4.57. The summed E-state index contributed by atoms with van der Waals surface area (Å²) in [5.41, 5.74) is 5.71. The van der Waals surface area contributed by atoms with Crippen molar-refractivity contribution in [1.82, 2.24) is 0 Å². The molecule has 0 aliphatic heterocycles. The predicted octanol–water partition coefficient (Wildman–Crippen LogP) is -5.16. The molecule has 0 nitrogen and oxygen atoms in total. The van der Waals surface area contributed by atoms with Gasteiger partial charge in [0.1, 0.15) is 0 Å². The van der Waals surface area contributed by atoms with Crippen LogP contribution in [0.5, 0.6) is 0 Å². The van der Waals surface area contributed by atoms with Gasteiger partial charge in [-0.2, -0.15) is 0 Å². The average molecular weight is 339 g/mol. The Morgan fingerprint density at radius 3 is 1.95 bits per heavy atom. The number of allylic oxidation sites excluding steroid dienone is 1. The minimum absolute atomic E-state index is 0. The van der Waals surface area contributed by atoms with Crippen LogP contribution in [-0.4, -0.2) is 0 Å². The minimum atomic E-state index is 0. The van der Waals surface area contributed by atoms with Crippen molar-refractivity contribution in [2.75, 3.05) is 0 Å². The van der Waals surface area contributed by atoms with E-state index in [1.54, 1.807) is 24.7 Å². The van der Waals surface area contributed by atoms with Crippen LogP contribution in [0.15, 0.2) is 54.6 Å². The van der Waals surface area contributed by atoms with Gasteiger partial charge in [-0.1, -0.05) is 0 Å². The average Bonchev–Trinajstić information content (AvgIpc) is 2.69. The van der Waals surface area contributed by atoms with E-state index in [0.717, 1.165) is 0 Å². The van der Waals surface area contributed by atoms with Crippen molar-refractivity contribution < 1.29 is 38.8 Å². The molecule has 2 aromatic rings. The summed E-state index contributed by atoms with van der Waals surface area (Å²) < 4.78 is 0.603. The van der Waals surface area contributed by atoms with Gasteiger partial charge < -0.3 is 14.1 Å². The molecular weight excluding hydrogens is 328 g/mol. The molecule has 4 heteroatoms. The number of hydrogen-bond donors (Lipinski definition) is 0. The second-order valence-electron chi connectivity index (χ2n) is 4.03. The molecule has 0 radical (unpaired) electrons. The molecule has 2 aromatic carbocycles. The first-order valence-electron chi connectivity index (χ1n) is 5.43. The van der Waals surface area contributed by atoms with Crippen LogP contribution >= 0.6 is 0 Å². The van der Waals surface area contributed by atoms with E-state index in [-0.39, 0.29) is 14.1 Å². The zero-order valence-electron chi connectivity index (χ0n) is 9.98. The Labute approximate surface area is 125 Å². The Hall–Kier alpha value is -1.15. The van der Waals surface area contributed by atoms with Crippen molar-refractivity contribution in [2.45, 2.75) is 3.63 Å². The first-order chi connectivity index (χ1) is 7.86. The topological polar surface area (TPSA) is 0 Å². The first-order valence-corrected chi connectivity index (χ1v) is 6.85. The molecule has 0 amide bonds. The fourth-order valence-electron chi connectivity index (χ4n) is 2.20. The van der Waals surface area contributed by atoms with Crippen LogP contribution < -0.4 is 14.1 Å². The van der Waals surface area contributed by atoms with E-state index in [0.29, 0.717) is 3.63 Å². The molecule has 0 saturated heterocycles. The molecule has 0 spiro atoms. The Balaban J connectivity index is 0.00000108. The summed E-state index contributed by atoms with van der Waals surface area (Å²) in [6.45, 7) is 0. The molecule has 0 heterocycles. The number of hydrogen-bond acceptors (Lipinski definition) is 0. The number of benzene rings is 2. The van der Waals surface area contributed by atoms with Crippen LogP contribution in [0.25, 0.3) is 11.6 Å². The fourth-order valence-corrected chi connectivity index (χ4v) is 3.46. The molecule has 3 rings (SSSR count). The second kappa shape index (κ2) is 7.44. The summed E-state index contributed by atoms with van der Waals surface area (Å²) in [6, 6.07) is 19.4. The SMILES string of the molecule is [F-].[F-].[F-].[Zr+3][CH]1C(c2ccccc2)=Cc2ccccc21. The van der Waals surface area contributed by atoms with Crippen molar-refractivity contribution >= 4 is 11.6 Å². The van der Waals surface area contributed by atoms with E-state index in [2.05, 4.69) is 60.7 Å². The van der Waals surface area contributed by atoms with Crippen molar-refractivity contribution in [3.8, 4) is 0 Å². The van der Waals surface area contributed by atoms with Crippen molar-refractivity contribution in [3.63, 3.8) is 0 Å². The summed E-state index contributed by atoms with van der Waals surface area (Å²) >= 11 is 1.57. The van der Waals surface area contributed by atoms with Crippen LogP contribution in [0.3, 0.4) is 0 Å². The van der Waals surface area contributed by atoms with Gasteiger partial charge in [0, 0.05) is 0 Å². The monoisotopic (exact) mass is 338 g/mol. The summed E-state index contributed by atoms with van der Waals surface area (Å²) in [7, 11) is 0. The van der Waals surface area contributed by atoms with E-state index in [1.807, 2.05) is 0 Å². The quantitative estimate of drug-likeness (QED) is 0.488. The molecule has 96 valence electrons. The van der Waals surface area contributed by atoms with Crippen LogP contribution in [0, 0.1) is 0 Å². The fraction of sp³-hybridized carbons (Fsp3) is 0.0667. The van der Waals surface area contributed by atoms with E-state index < -0.39 is 0 Å². The molecule has 1 aliphatic rings. The van der Waals surface area contributed by atoms with Crippen LogP contribution in [0.2, 0.25) is 0 Å². The summed E-state index contributed by atoms with van der Waals surface area (Å²) in [4.78, 5) is 0. The molecule has 1 aliphatic carbocycles. The molecule has 0 N–H and O–H groups in total. The number of halogens is 3. The Morgan fingerprint density at radius 1 is 0.737 bits per heavy atom. The standard InChI is InChI=1S/C15H11.3FH.Zr/c1-2-6-12(7-3-1)15-10-13-8-4-5-9-14(13)11-15;;;;/h1-11H;3*1H;/q;;;;+3/p-3. The van der Waals surface area contributed by atoms with Gasteiger partial charge in [-0.3, -0.25) is 0 Å². The maximum atomic E-state index is 2.34. The van der Waals surface area contributed by atoms with Gasteiger partial charge in [0.2, 0.25) is 0 Å². The number of rotatable bonds is 1. The third-order valence-electron chi connectivity index (χ3n) is 3.04. The summed E-state index contributed by atoms with van der Waals surface area (Å²) in [6.07, 6.45) is 2.34. The van der Waals surface area contributed by atoms with Gasteiger partial charge in [-0.05, 0) is 0 Å². The zero-order valence-corrected chi connectivity index (χ0v) is 12.4.